The third kappa shape index (κ3) is 6.55. The Hall–Kier alpha value is -4.20. The molecule has 0 amide bonds. The summed E-state index contributed by atoms with van der Waals surface area (Å²) < 4.78 is 64.6. The number of nitrogens with zero attached hydrogens (tertiary/aromatic N) is 2. The zero-order valence-electron chi connectivity index (χ0n) is 31.2. The minimum absolute atomic E-state index is 0.0204. The number of alkyl halides is 3. The fourth-order valence-electron chi connectivity index (χ4n) is 9.28. The number of Topliss-reactive ketones (excluding diaryl/α,β-unsaturated/α-hetero) is 2. The van der Waals surface area contributed by atoms with Crippen molar-refractivity contribution >= 4 is 11.6 Å². The molecule has 5 aliphatic rings. The van der Waals surface area contributed by atoms with Crippen LogP contribution in [0.5, 0.6) is 11.6 Å². The number of likely N-dealkylation sites (tertiary alicyclic amines) is 1. The van der Waals surface area contributed by atoms with Gasteiger partial charge < -0.3 is 29.5 Å². The van der Waals surface area contributed by atoms with E-state index in [2.05, 4.69) is 15.4 Å². The molecule has 1 saturated carbocycles. The van der Waals surface area contributed by atoms with Crippen LogP contribution in [0.4, 0.5) is 13.2 Å². The summed E-state index contributed by atoms with van der Waals surface area (Å²) in [4.78, 5) is 31.3. The summed E-state index contributed by atoms with van der Waals surface area (Å²) in [6.07, 6.45) is 0.601. The van der Waals surface area contributed by atoms with E-state index in [9.17, 15) is 19.8 Å². The molecular weight excluding hydrogens is 715 g/mol. The summed E-state index contributed by atoms with van der Waals surface area (Å²) in [6.45, 7) is 5.43. The minimum Gasteiger partial charge on any atom is -0.508 e. The number of aliphatic hydroxyl groups excluding tert-OH is 1. The number of fused-ring (bicyclic) bond motifs is 4. The first kappa shape index (κ1) is 37.7. The highest BCUT2D eigenvalue weighted by atomic mass is 19.4. The first-order valence-electron chi connectivity index (χ1n) is 19.8. The molecule has 0 spiro atoms. The van der Waals surface area contributed by atoms with Crippen LogP contribution in [0.25, 0.3) is 0 Å². The molecule has 0 radical (unpaired) electrons. The Bertz CT molecular complexity index is 1990. The molecule has 2 aromatic carbocycles. The van der Waals surface area contributed by atoms with E-state index in [-0.39, 0.29) is 77.3 Å². The second-order valence-corrected chi connectivity index (χ2v) is 15.8. The van der Waals surface area contributed by atoms with Crippen molar-refractivity contribution in [3.8, 4) is 11.6 Å². The highest BCUT2D eigenvalue weighted by Gasteiger charge is 2.64. The zero-order chi connectivity index (χ0) is 38.6. The van der Waals surface area contributed by atoms with Crippen molar-refractivity contribution in [1.82, 2.24) is 15.4 Å². The maximum absolute atomic E-state index is 15.6. The summed E-state index contributed by atoms with van der Waals surface area (Å²) in [5, 5.41) is 32.0. The topological polar surface area (TPSA) is 134 Å². The normalized spacial score (nSPS) is 26.4. The van der Waals surface area contributed by atoms with Gasteiger partial charge in [-0.05, 0) is 91.7 Å². The molecule has 4 aliphatic carbocycles. The number of benzene rings is 2. The van der Waals surface area contributed by atoms with Crippen LogP contribution in [0.2, 0.25) is 0 Å². The molecule has 294 valence electrons. The highest BCUT2D eigenvalue weighted by molar-refractivity contribution is 6.16. The standard InChI is InChI=1S/C42H48F3N3O7/c1-3-5-17-53-30-21-26(29-13-10-16-48(29)22-23-11-8-7-9-12-23)34(42(43,44)45)27-19-24-20-28-35(46-25-14-15-25)37-33(40(47-55-37)54-18-6-4-2)39(51)41(28,52)38(50)31(24)36(49)32(27)30/h7-9,11-12,21,24-25,28-29,35,46,50,52H,3-6,10,13-20,22H2,1-2H3/t24-,28-,29?,35-,41-/m0/s1. The quantitative estimate of drug-likeness (QED) is 0.147. The van der Waals surface area contributed by atoms with Crippen LogP contribution >= 0.6 is 0 Å². The molecule has 10 nitrogen and oxygen atoms in total. The van der Waals surface area contributed by atoms with Crippen molar-refractivity contribution in [1.29, 1.82) is 0 Å². The Morgan fingerprint density at radius 3 is 2.45 bits per heavy atom. The molecule has 3 aromatic rings. The van der Waals surface area contributed by atoms with Gasteiger partial charge in [0.05, 0.1) is 30.4 Å². The third-order valence-corrected chi connectivity index (χ3v) is 12.1. The number of carbonyl (C=O) groups excluding carboxylic acids is 2. The van der Waals surface area contributed by atoms with Gasteiger partial charge in [-0.2, -0.15) is 13.2 Å². The van der Waals surface area contributed by atoms with Gasteiger partial charge in [0.25, 0.3) is 5.88 Å². The average Bonchev–Trinajstić information content (AvgIpc) is 3.69. The number of unbranched alkanes of at least 4 members (excludes halogenated alkanes) is 2. The van der Waals surface area contributed by atoms with E-state index in [1.54, 1.807) is 0 Å². The zero-order valence-corrected chi connectivity index (χ0v) is 31.2. The Labute approximate surface area is 318 Å². The van der Waals surface area contributed by atoms with Crippen LogP contribution < -0.4 is 14.8 Å². The lowest BCUT2D eigenvalue weighted by Crippen LogP contribution is -2.59. The highest BCUT2D eigenvalue weighted by Crippen LogP contribution is 2.57. The molecule has 0 bridgehead atoms. The summed E-state index contributed by atoms with van der Waals surface area (Å²) in [5.74, 6) is -4.57. The van der Waals surface area contributed by atoms with Gasteiger partial charge in [-0.25, -0.2) is 0 Å². The Morgan fingerprint density at radius 2 is 1.76 bits per heavy atom. The van der Waals surface area contributed by atoms with E-state index in [0.717, 1.165) is 31.2 Å². The number of allylic oxidation sites excluding steroid dienone is 1. The van der Waals surface area contributed by atoms with Gasteiger partial charge >= 0.3 is 6.18 Å². The second-order valence-electron chi connectivity index (χ2n) is 15.8. The maximum Gasteiger partial charge on any atom is 0.417 e. The van der Waals surface area contributed by atoms with E-state index in [4.69, 9.17) is 14.0 Å². The summed E-state index contributed by atoms with van der Waals surface area (Å²) in [6, 6.07) is 9.65. The van der Waals surface area contributed by atoms with Crippen molar-refractivity contribution < 1.29 is 47.0 Å². The number of aliphatic hydroxyl groups is 2. The SMILES string of the molecule is CCCCOc1cc(C2CCCN2Cc2ccccc2)c(C(F)(F)F)c2c1C(=O)C1=C(O)[C@]3(O)C(=O)c4c(OCCCC)noc4[C@@H](NC4CC4)[C@@H]3C[C@@H]1C2. The second kappa shape index (κ2) is 14.7. The van der Waals surface area contributed by atoms with E-state index >= 15 is 13.2 Å². The van der Waals surface area contributed by atoms with Crippen LogP contribution in [0, 0.1) is 11.8 Å². The number of hydrogen-bond donors (Lipinski definition) is 3. The Morgan fingerprint density at radius 1 is 1.04 bits per heavy atom. The Kier molecular flexibility index (Phi) is 10.1. The van der Waals surface area contributed by atoms with E-state index in [0.29, 0.717) is 38.8 Å². The van der Waals surface area contributed by atoms with Crippen LogP contribution in [0.15, 0.2) is 52.3 Å². The number of aromatic nitrogens is 1. The van der Waals surface area contributed by atoms with E-state index in [1.807, 2.05) is 44.2 Å². The van der Waals surface area contributed by atoms with E-state index < -0.39 is 58.6 Å². The lowest BCUT2D eigenvalue weighted by atomic mass is 9.58. The fourth-order valence-corrected chi connectivity index (χ4v) is 9.28. The molecule has 5 atom stereocenters. The molecule has 2 heterocycles. The van der Waals surface area contributed by atoms with Gasteiger partial charge in [0.1, 0.15) is 17.1 Å². The number of ether oxygens (including phenoxy) is 2. The Balaban J connectivity index is 1.26. The molecule has 1 unspecified atom stereocenters. The predicted molar refractivity (Wildman–Crippen MR) is 195 cm³/mol. The van der Waals surface area contributed by atoms with Gasteiger partial charge in [-0.15, -0.1) is 0 Å². The third-order valence-electron chi connectivity index (χ3n) is 12.1. The van der Waals surface area contributed by atoms with Crippen molar-refractivity contribution in [2.24, 2.45) is 11.8 Å². The summed E-state index contributed by atoms with van der Waals surface area (Å²) >= 11 is 0. The first-order chi connectivity index (χ1) is 26.5. The van der Waals surface area contributed by atoms with Crippen LogP contribution in [-0.4, -0.2) is 63.2 Å². The van der Waals surface area contributed by atoms with Crippen LogP contribution in [0.3, 0.4) is 0 Å². The number of rotatable bonds is 13. The number of ketones is 2. The van der Waals surface area contributed by atoms with E-state index in [1.165, 1.54) is 6.07 Å². The van der Waals surface area contributed by atoms with Crippen molar-refractivity contribution in [3.05, 3.63) is 86.9 Å². The van der Waals surface area contributed by atoms with Crippen LogP contribution in [-0.2, 0) is 19.1 Å². The maximum atomic E-state index is 15.6. The van der Waals surface area contributed by atoms with Crippen molar-refractivity contribution in [2.45, 2.75) is 115 Å². The molecule has 3 N–H and O–H groups in total. The summed E-state index contributed by atoms with van der Waals surface area (Å²) in [5.41, 5.74) is -3.16. The van der Waals surface area contributed by atoms with Crippen LogP contribution in [0.1, 0.15) is 132 Å². The molecule has 2 fully saturated rings. The van der Waals surface area contributed by atoms with Crippen molar-refractivity contribution in [3.63, 3.8) is 0 Å². The van der Waals surface area contributed by atoms with Gasteiger partial charge in [0.15, 0.2) is 17.1 Å². The summed E-state index contributed by atoms with van der Waals surface area (Å²) in [7, 11) is 0. The van der Waals surface area contributed by atoms with Crippen molar-refractivity contribution in [2.75, 3.05) is 19.8 Å². The first-order valence-corrected chi connectivity index (χ1v) is 19.8. The largest absolute Gasteiger partial charge is 0.508 e. The molecule has 13 heteroatoms. The average molecular weight is 764 g/mol. The van der Waals surface area contributed by atoms with Gasteiger partial charge in [0, 0.05) is 30.1 Å². The number of carbonyl (C=O) groups is 2. The fraction of sp³-hybridized carbons (Fsp3) is 0.548. The smallest absolute Gasteiger partial charge is 0.417 e. The molecule has 1 aliphatic heterocycles. The van der Waals surface area contributed by atoms with Gasteiger partial charge in [-0.1, -0.05) is 57.0 Å². The molecule has 55 heavy (non-hydrogen) atoms. The number of hydrogen-bond acceptors (Lipinski definition) is 10. The molecular formula is C42H48F3N3O7. The lowest BCUT2D eigenvalue weighted by Gasteiger charge is -2.48. The molecule has 1 saturated heterocycles. The molecule has 8 rings (SSSR count). The lowest BCUT2D eigenvalue weighted by molar-refractivity contribution is -0.139. The number of halogens is 3. The predicted octanol–water partition coefficient (Wildman–Crippen LogP) is 8.00. The minimum atomic E-state index is -4.82. The number of nitrogens with one attached hydrogen (secondary N) is 1. The van der Waals surface area contributed by atoms with Gasteiger partial charge in [-0.3, -0.25) is 14.5 Å². The monoisotopic (exact) mass is 763 g/mol. The molecule has 1 aromatic heterocycles. The van der Waals surface area contributed by atoms with Gasteiger partial charge in [0.2, 0.25) is 5.78 Å².